The normalized spacial score (nSPS) is 11.9. The average Bonchev–Trinajstić information content (AvgIpc) is 2.62. The fourth-order valence-electron chi connectivity index (χ4n) is 1.74. The molecule has 0 aliphatic carbocycles. The van der Waals surface area contributed by atoms with Gasteiger partial charge in [0.1, 0.15) is 0 Å². The number of ether oxygens (including phenoxy) is 1. The Kier molecular flexibility index (Phi) is 5.97. The first-order chi connectivity index (χ1) is 11.5. The number of aliphatic hydroxyl groups excluding tert-OH is 1. The summed E-state index contributed by atoms with van der Waals surface area (Å²) in [6.45, 7) is 0. The quantitative estimate of drug-likeness (QED) is 0.273. The summed E-state index contributed by atoms with van der Waals surface area (Å²) in [6.07, 6.45) is 0. The first-order valence-electron chi connectivity index (χ1n) is 6.81. The van der Waals surface area contributed by atoms with Gasteiger partial charge in [0.05, 0.1) is 12.8 Å². The van der Waals surface area contributed by atoms with Crippen molar-refractivity contribution in [2.75, 3.05) is 7.11 Å². The van der Waals surface area contributed by atoms with E-state index in [2.05, 4.69) is 30.9 Å². The Morgan fingerprint density at radius 3 is 2.25 bits per heavy atom. The zero-order valence-electron chi connectivity index (χ0n) is 12.6. The number of ketones is 1. The summed E-state index contributed by atoms with van der Waals surface area (Å²) in [5.74, 6) is -2.68. The lowest BCUT2D eigenvalue weighted by Gasteiger charge is -2.05. The molecule has 2 aromatic rings. The van der Waals surface area contributed by atoms with E-state index in [1.54, 1.807) is 54.6 Å². The van der Waals surface area contributed by atoms with Crippen molar-refractivity contribution in [2.45, 2.75) is 0 Å². The molecule has 1 N–H and O–H groups in total. The predicted molar refractivity (Wildman–Crippen MR) is 91.7 cm³/mol. The minimum absolute atomic E-state index is 0.317. The van der Waals surface area contributed by atoms with Crippen molar-refractivity contribution in [2.24, 2.45) is 10.2 Å². The molecule has 6 nitrogen and oxygen atoms in total. The van der Waals surface area contributed by atoms with Crippen LogP contribution in [0.4, 0.5) is 5.69 Å². The molecule has 0 atom stereocenters. The highest BCUT2D eigenvalue weighted by Gasteiger charge is 2.24. The van der Waals surface area contributed by atoms with Crippen LogP contribution in [0.2, 0.25) is 0 Å². The number of methoxy groups -OCH3 is 1. The number of carbonyl (C=O) groups excluding carboxylic acids is 2. The van der Waals surface area contributed by atoms with Crippen LogP contribution >= 0.6 is 15.9 Å². The van der Waals surface area contributed by atoms with E-state index in [-0.39, 0.29) is 0 Å². The first-order valence-corrected chi connectivity index (χ1v) is 7.61. The largest absolute Gasteiger partial charge is 0.505 e. The molecule has 0 amide bonds. The third-order valence-corrected chi connectivity index (χ3v) is 3.48. The van der Waals surface area contributed by atoms with E-state index in [0.29, 0.717) is 11.3 Å². The topological polar surface area (TPSA) is 88.3 Å². The van der Waals surface area contributed by atoms with Gasteiger partial charge in [-0.25, -0.2) is 4.79 Å². The summed E-state index contributed by atoms with van der Waals surface area (Å²) < 4.78 is 5.20. The van der Waals surface area contributed by atoms with Gasteiger partial charge in [-0.2, -0.15) is 5.11 Å². The van der Waals surface area contributed by atoms with Crippen LogP contribution in [0.1, 0.15) is 5.56 Å². The molecular weight excluding hydrogens is 376 g/mol. The molecule has 0 fully saturated rings. The summed E-state index contributed by atoms with van der Waals surface area (Å²) in [5, 5.41) is 18.0. The molecule has 0 aromatic heterocycles. The zero-order chi connectivity index (χ0) is 17.5. The lowest BCUT2D eigenvalue weighted by Crippen LogP contribution is -2.18. The van der Waals surface area contributed by atoms with Gasteiger partial charge in [-0.3, -0.25) is 4.79 Å². The number of benzene rings is 2. The lowest BCUT2D eigenvalue weighted by molar-refractivity contribution is -0.149. The van der Waals surface area contributed by atoms with Crippen LogP contribution in [-0.2, 0) is 14.3 Å². The average molecular weight is 389 g/mol. The second-order valence-electron chi connectivity index (χ2n) is 4.56. The molecule has 0 saturated heterocycles. The summed E-state index contributed by atoms with van der Waals surface area (Å²) in [7, 11) is 1.07. The molecule has 0 unspecified atom stereocenters. The monoisotopic (exact) mass is 388 g/mol. The van der Waals surface area contributed by atoms with Crippen LogP contribution in [0.5, 0.6) is 0 Å². The van der Waals surface area contributed by atoms with E-state index in [4.69, 9.17) is 0 Å². The highest BCUT2D eigenvalue weighted by molar-refractivity contribution is 9.10. The van der Waals surface area contributed by atoms with Crippen LogP contribution in [0, 0.1) is 0 Å². The number of aliphatic hydroxyl groups is 1. The smallest absolute Gasteiger partial charge is 0.381 e. The van der Waals surface area contributed by atoms with E-state index < -0.39 is 23.2 Å². The number of esters is 1. The number of nitrogens with zero attached hydrogens (tertiary/aromatic N) is 2. The molecule has 0 saturated carbocycles. The van der Waals surface area contributed by atoms with Crippen LogP contribution in [0.25, 0.3) is 5.76 Å². The van der Waals surface area contributed by atoms with Gasteiger partial charge < -0.3 is 9.84 Å². The minimum atomic E-state index is -1.14. The van der Waals surface area contributed by atoms with Crippen molar-refractivity contribution in [3.8, 4) is 0 Å². The van der Waals surface area contributed by atoms with Gasteiger partial charge in [0.2, 0.25) is 0 Å². The summed E-state index contributed by atoms with van der Waals surface area (Å²) >= 11 is 3.28. The van der Waals surface area contributed by atoms with Crippen molar-refractivity contribution >= 4 is 39.1 Å². The standard InChI is InChI=1S/C17H13BrN2O4/c1-24-17(23)16(22)14(20-19-13-5-3-2-4-6-13)15(21)11-7-9-12(18)10-8-11/h2-10,21H,1H3/b15-14+,20-19?. The van der Waals surface area contributed by atoms with Gasteiger partial charge in [-0.05, 0) is 24.3 Å². The molecule has 7 heteroatoms. The molecule has 2 aromatic carbocycles. The fourth-order valence-corrected chi connectivity index (χ4v) is 2.00. The van der Waals surface area contributed by atoms with Crippen LogP contribution < -0.4 is 0 Å². The van der Waals surface area contributed by atoms with Gasteiger partial charge in [0.15, 0.2) is 11.5 Å². The van der Waals surface area contributed by atoms with Gasteiger partial charge in [-0.15, -0.1) is 5.11 Å². The zero-order valence-corrected chi connectivity index (χ0v) is 14.2. The first kappa shape index (κ1) is 17.6. The number of carbonyl (C=O) groups is 2. The number of hydrogen-bond donors (Lipinski definition) is 1. The van der Waals surface area contributed by atoms with Crippen LogP contribution in [0.15, 0.2) is 75.0 Å². The fraction of sp³-hybridized carbons (Fsp3) is 0.0588. The number of rotatable bonds is 5. The molecule has 0 heterocycles. The van der Waals surface area contributed by atoms with Gasteiger partial charge >= 0.3 is 5.97 Å². The SMILES string of the molecule is COC(=O)C(=O)/C(N=Nc1ccccc1)=C(\O)c1ccc(Br)cc1. The second-order valence-corrected chi connectivity index (χ2v) is 5.48. The molecule has 0 spiro atoms. The minimum Gasteiger partial charge on any atom is -0.505 e. The van der Waals surface area contributed by atoms with Crippen molar-refractivity contribution < 1.29 is 19.4 Å². The van der Waals surface area contributed by atoms with E-state index in [0.717, 1.165) is 11.6 Å². The predicted octanol–water partition coefficient (Wildman–Crippen LogP) is 4.20. The van der Waals surface area contributed by atoms with Gasteiger partial charge in [-0.1, -0.05) is 46.3 Å². The van der Waals surface area contributed by atoms with E-state index in [1.165, 1.54) is 0 Å². The molecule has 0 bridgehead atoms. The summed E-state index contributed by atoms with van der Waals surface area (Å²) in [4.78, 5) is 23.7. The maximum absolute atomic E-state index is 12.1. The van der Waals surface area contributed by atoms with E-state index in [9.17, 15) is 14.7 Å². The van der Waals surface area contributed by atoms with Crippen LogP contribution in [0.3, 0.4) is 0 Å². The molecule has 0 aliphatic heterocycles. The second kappa shape index (κ2) is 8.16. The molecule has 2 rings (SSSR count). The van der Waals surface area contributed by atoms with E-state index in [1.807, 2.05) is 0 Å². The number of hydrogen-bond acceptors (Lipinski definition) is 6. The van der Waals surface area contributed by atoms with E-state index >= 15 is 0 Å². The molecule has 0 aliphatic rings. The third kappa shape index (κ3) is 4.36. The van der Waals surface area contributed by atoms with Crippen LogP contribution in [-0.4, -0.2) is 24.0 Å². The Labute approximate surface area is 146 Å². The lowest BCUT2D eigenvalue weighted by atomic mass is 10.1. The molecule has 24 heavy (non-hydrogen) atoms. The van der Waals surface area contributed by atoms with Gasteiger partial charge in [0, 0.05) is 10.0 Å². The van der Waals surface area contributed by atoms with Crippen molar-refractivity contribution in [3.63, 3.8) is 0 Å². The number of azo groups is 1. The number of Topliss-reactive ketones (excluding diaryl/α,β-unsaturated/α-hetero) is 1. The van der Waals surface area contributed by atoms with Crippen molar-refractivity contribution in [1.29, 1.82) is 0 Å². The highest BCUT2D eigenvalue weighted by atomic mass is 79.9. The highest BCUT2D eigenvalue weighted by Crippen LogP contribution is 2.22. The summed E-state index contributed by atoms with van der Waals surface area (Å²) in [5.41, 5.74) is 0.293. The molecule has 122 valence electrons. The van der Waals surface area contributed by atoms with Crippen molar-refractivity contribution in [1.82, 2.24) is 0 Å². The Bertz CT molecular complexity index is 799. The summed E-state index contributed by atoms with van der Waals surface area (Å²) in [6, 6.07) is 15.1. The Balaban J connectivity index is 2.47. The molecular formula is C17H13BrN2O4. The Hall–Kier alpha value is -2.80. The number of halogens is 1. The van der Waals surface area contributed by atoms with Gasteiger partial charge in [0.25, 0.3) is 5.78 Å². The Morgan fingerprint density at radius 2 is 1.67 bits per heavy atom. The maximum atomic E-state index is 12.1. The third-order valence-electron chi connectivity index (χ3n) is 2.95. The van der Waals surface area contributed by atoms with Crippen molar-refractivity contribution in [3.05, 3.63) is 70.3 Å². The maximum Gasteiger partial charge on any atom is 0.381 e. The Morgan fingerprint density at radius 1 is 1.04 bits per heavy atom. The molecule has 0 radical (unpaired) electrons.